The van der Waals surface area contributed by atoms with Crippen LogP contribution in [0.5, 0.6) is 0 Å². The van der Waals surface area contributed by atoms with Gasteiger partial charge in [-0.25, -0.2) is 0 Å². The maximum atomic E-state index is 5.64. The second kappa shape index (κ2) is 4.20. The summed E-state index contributed by atoms with van der Waals surface area (Å²) in [5.74, 6) is 1.94. The fourth-order valence-electron chi connectivity index (χ4n) is 2.16. The van der Waals surface area contributed by atoms with E-state index in [4.69, 9.17) is 5.73 Å². The van der Waals surface area contributed by atoms with Crippen LogP contribution in [-0.4, -0.2) is 26.7 Å². The van der Waals surface area contributed by atoms with E-state index in [2.05, 4.69) is 25.5 Å². The minimum atomic E-state index is 0.271. The van der Waals surface area contributed by atoms with Gasteiger partial charge in [-0.05, 0) is 12.3 Å². The fourth-order valence-corrected chi connectivity index (χ4v) is 2.16. The highest BCUT2D eigenvalue weighted by atomic mass is 15.2. The van der Waals surface area contributed by atoms with Gasteiger partial charge in [-0.2, -0.15) is 15.1 Å². The van der Waals surface area contributed by atoms with E-state index in [0.717, 1.165) is 23.7 Å². The Labute approximate surface area is 99.0 Å². The average molecular weight is 232 g/mol. The minimum absolute atomic E-state index is 0.271. The third kappa shape index (κ3) is 2.02. The van der Waals surface area contributed by atoms with Crippen molar-refractivity contribution in [2.24, 2.45) is 5.92 Å². The summed E-state index contributed by atoms with van der Waals surface area (Å²) in [6.45, 7) is 0.932. The summed E-state index contributed by atoms with van der Waals surface area (Å²) < 4.78 is 0. The number of nitrogens with zero attached hydrogens (tertiary/aromatic N) is 3. The van der Waals surface area contributed by atoms with Gasteiger partial charge in [-0.1, -0.05) is 19.3 Å². The molecule has 6 nitrogen and oxygen atoms in total. The normalized spacial score (nSPS) is 16.0. The Kier molecular flexibility index (Phi) is 2.55. The first-order chi connectivity index (χ1) is 8.33. The van der Waals surface area contributed by atoms with Crippen LogP contribution in [0.25, 0.3) is 11.0 Å². The van der Waals surface area contributed by atoms with Crippen molar-refractivity contribution < 1.29 is 0 Å². The summed E-state index contributed by atoms with van der Waals surface area (Å²) >= 11 is 0. The molecule has 0 atom stereocenters. The van der Waals surface area contributed by atoms with E-state index in [1.54, 1.807) is 6.20 Å². The Morgan fingerprint density at radius 3 is 3.06 bits per heavy atom. The lowest BCUT2D eigenvalue weighted by Crippen LogP contribution is -2.16. The van der Waals surface area contributed by atoms with Crippen molar-refractivity contribution in [3.05, 3.63) is 6.20 Å². The van der Waals surface area contributed by atoms with Gasteiger partial charge < -0.3 is 11.1 Å². The number of aromatic amines is 1. The lowest BCUT2D eigenvalue weighted by Gasteiger charge is -2.25. The molecule has 1 aliphatic rings. The summed E-state index contributed by atoms with van der Waals surface area (Å²) in [6.07, 6.45) is 7.05. The molecule has 4 N–H and O–H groups in total. The Morgan fingerprint density at radius 2 is 2.29 bits per heavy atom. The summed E-state index contributed by atoms with van der Waals surface area (Å²) in [4.78, 5) is 8.29. The predicted octanol–water partition coefficient (Wildman–Crippen LogP) is 1.54. The molecule has 2 heterocycles. The quantitative estimate of drug-likeness (QED) is 0.743. The smallest absolute Gasteiger partial charge is 0.224 e. The van der Waals surface area contributed by atoms with Gasteiger partial charge in [0.05, 0.1) is 11.6 Å². The average Bonchev–Trinajstić information content (AvgIpc) is 2.69. The Morgan fingerprint density at radius 1 is 1.41 bits per heavy atom. The molecule has 0 aliphatic heterocycles. The number of anilines is 2. The zero-order chi connectivity index (χ0) is 11.7. The molecule has 2 aromatic heterocycles. The van der Waals surface area contributed by atoms with Gasteiger partial charge in [0.25, 0.3) is 0 Å². The number of hydrogen-bond donors (Lipinski definition) is 3. The topological polar surface area (TPSA) is 92.5 Å². The molecule has 1 saturated carbocycles. The lowest BCUT2D eigenvalue weighted by molar-refractivity contribution is 0.303. The molecule has 0 amide bonds. The van der Waals surface area contributed by atoms with E-state index in [1.807, 2.05) is 0 Å². The highest BCUT2D eigenvalue weighted by Gasteiger charge is 2.16. The molecule has 6 heteroatoms. The second-order valence-electron chi connectivity index (χ2n) is 4.58. The van der Waals surface area contributed by atoms with E-state index in [-0.39, 0.29) is 5.95 Å². The Balaban J connectivity index is 1.72. The molecule has 0 bridgehead atoms. The predicted molar refractivity (Wildman–Crippen MR) is 66.5 cm³/mol. The van der Waals surface area contributed by atoms with Crippen molar-refractivity contribution in [1.82, 2.24) is 20.2 Å². The van der Waals surface area contributed by atoms with Crippen molar-refractivity contribution in [2.45, 2.75) is 25.7 Å². The SMILES string of the molecule is Nc1nc(NCCC2CCC2)c2cn[nH]c2n1. The first-order valence-corrected chi connectivity index (χ1v) is 6.03. The van der Waals surface area contributed by atoms with Crippen molar-refractivity contribution in [3.63, 3.8) is 0 Å². The molecule has 0 spiro atoms. The van der Waals surface area contributed by atoms with Crippen LogP contribution < -0.4 is 11.1 Å². The highest BCUT2D eigenvalue weighted by molar-refractivity contribution is 5.86. The van der Waals surface area contributed by atoms with Crippen molar-refractivity contribution in [3.8, 4) is 0 Å². The van der Waals surface area contributed by atoms with E-state index in [1.165, 1.54) is 25.7 Å². The molecule has 0 unspecified atom stereocenters. The first kappa shape index (κ1) is 10.3. The highest BCUT2D eigenvalue weighted by Crippen LogP contribution is 2.29. The second-order valence-corrected chi connectivity index (χ2v) is 4.58. The lowest BCUT2D eigenvalue weighted by atomic mass is 9.83. The molecular weight excluding hydrogens is 216 g/mol. The fraction of sp³-hybridized carbons (Fsp3) is 0.545. The molecule has 0 aromatic carbocycles. The third-order valence-electron chi connectivity index (χ3n) is 3.40. The molecule has 3 rings (SSSR count). The molecule has 90 valence electrons. The van der Waals surface area contributed by atoms with Crippen LogP contribution in [0.4, 0.5) is 11.8 Å². The van der Waals surface area contributed by atoms with Gasteiger partial charge in [0.1, 0.15) is 5.82 Å². The molecule has 0 radical (unpaired) electrons. The number of aromatic nitrogens is 4. The first-order valence-electron chi connectivity index (χ1n) is 6.03. The molecule has 0 saturated heterocycles. The van der Waals surface area contributed by atoms with E-state index in [9.17, 15) is 0 Å². The van der Waals surface area contributed by atoms with Gasteiger partial charge in [0, 0.05) is 6.54 Å². The number of fused-ring (bicyclic) bond motifs is 1. The summed E-state index contributed by atoms with van der Waals surface area (Å²) in [7, 11) is 0. The van der Waals surface area contributed by atoms with E-state index >= 15 is 0 Å². The monoisotopic (exact) mass is 232 g/mol. The van der Waals surface area contributed by atoms with Gasteiger partial charge >= 0.3 is 0 Å². The summed E-state index contributed by atoms with van der Waals surface area (Å²) in [5.41, 5.74) is 6.33. The number of hydrogen-bond acceptors (Lipinski definition) is 5. The van der Waals surface area contributed by atoms with Gasteiger partial charge in [-0.3, -0.25) is 5.10 Å². The number of nitrogens with one attached hydrogen (secondary N) is 2. The van der Waals surface area contributed by atoms with Crippen LogP contribution >= 0.6 is 0 Å². The molecule has 17 heavy (non-hydrogen) atoms. The van der Waals surface area contributed by atoms with Gasteiger partial charge in [0.2, 0.25) is 5.95 Å². The van der Waals surface area contributed by atoms with E-state index in [0.29, 0.717) is 5.65 Å². The van der Waals surface area contributed by atoms with Gasteiger partial charge in [0.15, 0.2) is 5.65 Å². The molecule has 1 aliphatic carbocycles. The number of nitrogens with two attached hydrogens (primary N) is 1. The Bertz CT molecular complexity index is 516. The van der Waals surface area contributed by atoms with Crippen LogP contribution in [-0.2, 0) is 0 Å². The maximum absolute atomic E-state index is 5.64. The minimum Gasteiger partial charge on any atom is -0.369 e. The number of H-pyrrole nitrogens is 1. The van der Waals surface area contributed by atoms with Crippen molar-refractivity contribution in [2.75, 3.05) is 17.6 Å². The van der Waals surface area contributed by atoms with Crippen LogP contribution in [0.1, 0.15) is 25.7 Å². The van der Waals surface area contributed by atoms with Gasteiger partial charge in [-0.15, -0.1) is 0 Å². The number of nitrogen functional groups attached to an aromatic ring is 1. The molecular formula is C11H16N6. The largest absolute Gasteiger partial charge is 0.369 e. The molecule has 2 aromatic rings. The van der Waals surface area contributed by atoms with Crippen LogP contribution in [0.3, 0.4) is 0 Å². The zero-order valence-corrected chi connectivity index (χ0v) is 9.61. The molecule has 1 fully saturated rings. The zero-order valence-electron chi connectivity index (χ0n) is 9.61. The Hall–Kier alpha value is -1.85. The number of rotatable bonds is 4. The van der Waals surface area contributed by atoms with E-state index < -0.39 is 0 Å². The maximum Gasteiger partial charge on any atom is 0.224 e. The van der Waals surface area contributed by atoms with Crippen LogP contribution in [0.15, 0.2) is 6.20 Å². The standard InChI is InChI=1S/C11H16N6/c12-11-15-9(8-6-14-17-10(8)16-11)13-5-4-7-2-1-3-7/h6-7H,1-5H2,(H4,12,13,14,15,16,17). The van der Waals surface area contributed by atoms with Crippen molar-refractivity contribution >= 4 is 22.8 Å². The third-order valence-corrected chi connectivity index (χ3v) is 3.40. The van der Waals surface area contributed by atoms with Crippen molar-refractivity contribution in [1.29, 1.82) is 0 Å². The summed E-state index contributed by atoms with van der Waals surface area (Å²) in [6, 6.07) is 0. The van der Waals surface area contributed by atoms with Crippen LogP contribution in [0.2, 0.25) is 0 Å². The van der Waals surface area contributed by atoms with Crippen LogP contribution in [0, 0.1) is 5.92 Å². The summed E-state index contributed by atoms with van der Waals surface area (Å²) in [5, 5.41) is 11.0.